The Labute approximate surface area is 177 Å². The van der Waals surface area contributed by atoms with E-state index in [1.54, 1.807) is 4.57 Å². The van der Waals surface area contributed by atoms with E-state index in [1.165, 1.54) is 18.4 Å². The minimum Gasteiger partial charge on any atom is -0.475 e. The Morgan fingerprint density at radius 1 is 1.27 bits per heavy atom. The van der Waals surface area contributed by atoms with Gasteiger partial charge in [0.2, 0.25) is 5.88 Å². The number of hydrogen-bond donors (Lipinski definition) is 0. The van der Waals surface area contributed by atoms with E-state index in [0.29, 0.717) is 38.9 Å². The van der Waals surface area contributed by atoms with E-state index in [4.69, 9.17) is 14.2 Å². The van der Waals surface area contributed by atoms with Crippen LogP contribution in [-0.4, -0.2) is 42.1 Å². The second kappa shape index (κ2) is 9.92. The van der Waals surface area contributed by atoms with Gasteiger partial charge in [-0.05, 0) is 30.5 Å². The lowest BCUT2D eigenvalue weighted by molar-refractivity contribution is -0.102. The molecule has 1 fully saturated rings. The van der Waals surface area contributed by atoms with Gasteiger partial charge in [0.1, 0.15) is 12.7 Å². The molecule has 1 saturated heterocycles. The number of nitrogens with zero attached hydrogens (tertiary/aromatic N) is 2. The summed E-state index contributed by atoms with van der Waals surface area (Å²) in [6, 6.07) is 8.07. The third-order valence-corrected chi connectivity index (χ3v) is 5.41. The van der Waals surface area contributed by atoms with Gasteiger partial charge in [0.25, 0.3) is 0 Å². The van der Waals surface area contributed by atoms with Crippen molar-refractivity contribution in [2.75, 3.05) is 26.4 Å². The molecule has 1 aromatic heterocycles. The van der Waals surface area contributed by atoms with Crippen LogP contribution in [0.15, 0.2) is 29.1 Å². The summed E-state index contributed by atoms with van der Waals surface area (Å²) in [5.41, 5.74) is 3.83. The first-order valence-corrected chi connectivity index (χ1v) is 10.8. The number of aromatic nitrogens is 2. The number of ether oxygens (including phenoxy) is 3. The first-order valence-electron chi connectivity index (χ1n) is 10.8. The van der Waals surface area contributed by atoms with Gasteiger partial charge < -0.3 is 14.2 Å². The quantitative estimate of drug-likeness (QED) is 0.543. The van der Waals surface area contributed by atoms with Crippen LogP contribution >= 0.6 is 0 Å². The molecule has 0 spiro atoms. The second-order valence-electron chi connectivity index (χ2n) is 7.67. The smallest absolute Gasteiger partial charge is 0.351 e. The van der Waals surface area contributed by atoms with Crippen molar-refractivity contribution in [2.24, 2.45) is 0 Å². The number of aryl methyl sites for hydroxylation is 1. The Morgan fingerprint density at radius 3 is 3.03 bits per heavy atom. The van der Waals surface area contributed by atoms with E-state index >= 15 is 0 Å². The predicted molar refractivity (Wildman–Crippen MR) is 115 cm³/mol. The van der Waals surface area contributed by atoms with E-state index in [1.807, 2.05) is 12.1 Å². The number of rotatable bonds is 6. The fraction of sp³-hybridized carbons (Fsp3) is 0.500. The molecular weight excluding hydrogens is 380 g/mol. The van der Waals surface area contributed by atoms with E-state index in [9.17, 15) is 4.79 Å². The number of fused-ring (bicyclic) bond motifs is 3. The Morgan fingerprint density at radius 2 is 2.20 bits per heavy atom. The van der Waals surface area contributed by atoms with Crippen LogP contribution in [-0.2, 0) is 22.4 Å². The molecule has 6 nitrogen and oxygen atoms in total. The summed E-state index contributed by atoms with van der Waals surface area (Å²) in [4.78, 5) is 16.6. The molecule has 0 bridgehead atoms. The van der Waals surface area contributed by atoms with E-state index < -0.39 is 0 Å². The van der Waals surface area contributed by atoms with Crippen LogP contribution in [0.4, 0.5) is 0 Å². The fourth-order valence-corrected chi connectivity index (χ4v) is 3.80. The van der Waals surface area contributed by atoms with E-state index in [-0.39, 0.29) is 11.8 Å². The van der Waals surface area contributed by atoms with Crippen molar-refractivity contribution in [1.29, 1.82) is 0 Å². The molecule has 0 radical (unpaired) electrons. The van der Waals surface area contributed by atoms with Crippen molar-refractivity contribution in [3.8, 4) is 29.0 Å². The van der Waals surface area contributed by atoms with Gasteiger partial charge in [-0.25, -0.2) is 4.79 Å². The summed E-state index contributed by atoms with van der Waals surface area (Å²) in [6.07, 6.45) is 5.18. The van der Waals surface area contributed by atoms with Crippen LogP contribution in [0.3, 0.4) is 0 Å². The van der Waals surface area contributed by atoms with Gasteiger partial charge in [-0.3, -0.25) is 4.57 Å². The van der Waals surface area contributed by atoms with Crippen LogP contribution in [0.2, 0.25) is 0 Å². The molecule has 2 aliphatic rings. The summed E-state index contributed by atoms with van der Waals surface area (Å²) in [7, 11) is 0. The molecule has 1 atom stereocenters. The lowest BCUT2D eigenvalue weighted by atomic mass is 9.95. The molecule has 6 heteroatoms. The van der Waals surface area contributed by atoms with Crippen LogP contribution in [0, 0.1) is 11.8 Å². The normalized spacial score (nSPS) is 17.4. The molecule has 0 aliphatic carbocycles. The average Bonchev–Trinajstić information content (AvgIpc) is 2.78. The van der Waals surface area contributed by atoms with E-state index in [0.717, 1.165) is 36.1 Å². The summed E-state index contributed by atoms with van der Waals surface area (Å²) in [5, 5.41) is 0. The third-order valence-electron chi connectivity index (χ3n) is 5.41. The maximum absolute atomic E-state index is 12.5. The predicted octanol–water partition coefficient (Wildman–Crippen LogP) is 3.19. The first kappa shape index (κ1) is 20.6. The van der Waals surface area contributed by atoms with Crippen LogP contribution in [0.1, 0.15) is 43.7 Å². The molecule has 0 saturated carbocycles. The molecule has 1 unspecified atom stereocenters. The van der Waals surface area contributed by atoms with Gasteiger partial charge in [0.15, 0.2) is 0 Å². The van der Waals surface area contributed by atoms with Crippen LogP contribution in [0.5, 0.6) is 5.88 Å². The average molecular weight is 408 g/mol. The zero-order valence-electron chi connectivity index (χ0n) is 17.5. The molecule has 0 N–H and O–H groups in total. The Balaban J connectivity index is 1.52. The van der Waals surface area contributed by atoms with Crippen molar-refractivity contribution in [3.63, 3.8) is 0 Å². The molecule has 3 heterocycles. The minimum absolute atomic E-state index is 0.134. The molecule has 30 heavy (non-hydrogen) atoms. The molecule has 1 aromatic carbocycles. The van der Waals surface area contributed by atoms with Crippen molar-refractivity contribution < 1.29 is 14.2 Å². The summed E-state index contributed by atoms with van der Waals surface area (Å²) < 4.78 is 18.5. The topological polar surface area (TPSA) is 62.6 Å². The van der Waals surface area contributed by atoms with Gasteiger partial charge in [0.05, 0.1) is 25.5 Å². The standard InChI is InChI=1S/C24H28N2O4/c1-2-3-4-5-6-7-18-8-9-21-19(14-18)10-11-26-22(21)15-23(25-24(26)27)30-17-20-16-28-12-13-29-20/h8-9,14-15,20H,2-5,10-13,16-17H2,1H3. The number of benzene rings is 1. The third kappa shape index (κ3) is 4.92. The second-order valence-corrected chi connectivity index (χ2v) is 7.67. The van der Waals surface area contributed by atoms with E-state index in [2.05, 4.69) is 35.9 Å². The number of hydrogen-bond acceptors (Lipinski definition) is 5. The Bertz CT molecular complexity index is 996. The highest BCUT2D eigenvalue weighted by molar-refractivity contribution is 5.67. The highest BCUT2D eigenvalue weighted by Crippen LogP contribution is 2.30. The monoisotopic (exact) mass is 408 g/mol. The lowest BCUT2D eigenvalue weighted by Gasteiger charge is -2.24. The molecule has 2 aliphatic heterocycles. The zero-order chi connectivity index (χ0) is 20.8. The van der Waals surface area contributed by atoms with Crippen molar-refractivity contribution in [1.82, 2.24) is 9.55 Å². The van der Waals surface area contributed by atoms with Crippen molar-refractivity contribution >= 4 is 0 Å². The lowest BCUT2D eigenvalue weighted by Crippen LogP contribution is -2.34. The largest absolute Gasteiger partial charge is 0.475 e. The Kier molecular flexibility index (Phi) is 6.83. The fourth-order valence-electron chi connectivity index (χ4n) is 3.80. The molecule has 0 amide bonds. The molecule has 158 valence electrons. The SMILES string of the molecule is CCCCCC#Cc1ccc2c(c1)CCn1c-2cc(OCC2COCCO2)nc1=O. The van der Waals surface area contributed by atoms with Crippen LogP contribution < -0.4 is 10.4 Å². The summed E-state index contributed by atoms with van der Waals surface area (Å²) in [5.74, 6) is 6.87. The zero-order valence-corrected chi connectivity index (χ0v) is 17.5. The molecule has 2 aromatic rings. The van der Waals surface area contributed by atoms with Crippen molar-refractivity contribution in [3.05, 3.63) is 45.9 Å². The highest BCUT2D eigenvalue weighted by Gasteiger charge is 2.20. The van der Waals surface area contributed by atoms with Gasteiger partial charge in [-0.2, -0.15) is 4.98 Å². The maximum atomic E-state index is 12.5. The first-order chi connectivity index (χ1) is 14.7. The number of unbranched alkanes of at least 4 members (excludes halogenated alkanes) is 3. The summed E-state index contributed by atoms with van der Waals surface area (Å²) in [6.45, 7) is 4.79. The highest BCUT2D eigenvalue weighted by atomic mass is 16.6. The van der Waals surface area contributed by atoms with Gasteiger partial charge in [-0.1, -0.05) is 37.7 Å². The minimum atomic E-state index is -0.284. The van der Waals surface area contributed by atoms with Gasteiger partial charge >= 0.3 is 5.69 Å². The maximum Gasteiger partial charge on any atom is 0.351 e. The van der Waals surface area contributed by atoms with Gasteiger partial charge in [-0.15, -0.1) is 0 Å². The van der Waals surface area contributed by atoms with Crippen molar-refractivity contribution in [2.45, 2.75) is 51.7 Å². The van der Waals surface area contributed by atoms with Gasteiger partial charge in [0, 0.05) is 30.2 Å². The summed E-state index contributed by atoms with van der Waals surface area (Å²) >= 11 is 0. The Hall–Kier alpha value is -2.62. The molecule has 4 rings (SSSR count). The van der Waals surface area contributed by atoms with Crippen LogP contribution in [0.25, 0.3) is 11.3 Å². The molecular formula is C24H28N2O4.